The van der Waals surface area contributed by atoms with Crippen molar-refractivity contribution < 1.29 is 23.8 Å². The van der Waals surface area contributed by atoms with Gasteiger partial charge in [0, 0.05) is 25.2 Å². The highest BCUT2D eigenvalue weighted by atomic mass is 16.5. The molecule has 148 valence electrons. The molecule has 0 bridgehead atoms. The molecule has 2 aromatic rings. The average Bonchev–Trinajstić information content (AvgIpc) is 2.71. The minimum atomic E-state index is -0.891. The Kier molecular flexibility index (Phi) is 7.63. The zero-order valence-corrected chi connectivity index (χ0v) is 16.5. The second-order valence-corrected chi connectivity index (χ2v) is 6.18. The molecule has 0 radical (unpaired) electrons. The van der Waals surface area contributed by atoms with E-state index in [1.165, 1.54) is 18.1 Å². The first-order valence-electron chi connectivity index (χ1n) is 8.84. The van der Waals surface area contributed by atoms with Crippen molar-refractivity contribution in [2.45, 2.75) is 19.6 Å². The monoisotopic (exact) mass is 383 g/mol. The van der Waals surface area contributed by atoms with Gasteiger partial charge >= 0.3 is 5.97 Å². The maximum absolute atomic E-state index is 12.4. The Balaban J connectivity index is 1.96. The fraction of sp³-hybridized carbons (Fsp3) is 0.273. The summed E-state index contributed by atoms with van der Waals surface area (Å²) in [6, 6.07) is 14.9. The molecule has 0 spiro atoms. The Bertz CT molecular complexity index is 832. The predicted octanol–water partition coefficient (Wildman–Crippen LogP) is 3.31. The van der Waals surface area contributed by atoms with Crippen LogP contribution in [0.5, 0.6) is 11.5 Å². The van der Waals surface area contributed by atoms with Gasteiger partial charge in [0.1, 0.15) is 0 Å². The van der Waals surface area contributed by atoms with Crippen molar-refractivity contribution in [3.05, 3.63) is 65.7 Å². The molecule has 6 nitrogen and oxygen atoms in total. The predicted molar refractivity (Wildman–Crippen MR) is 107 cm³/mol. The van der Waals surface area contributed by atoms with Gasteiger partial charge in [0.05, 0.1) is 14.2 Å². The molecule has 0 unspecified atom stereocenters. The van der Waals surface area contributed by atoms with Gasteiger partial charge in [-0.1, -0.05) is 42.5 Å². The van der Waals surface area contributed by atoms with Gasteiger partial charge in [0.2, 0.25) is 0 Å². The number of hydrogen-bond acceptors (Lipinski definition) is 5. The summed E-state index contributed by atoms with van der Waals surface area (Å²) in [5, 5.41) is 0. The molecule has 0 aliphatic carbocycles. The number of nitrogens with zero attached hydrogens (tertiary/aromatic N) is 1. The number of carbonyl (C=O) groups excluding carboxylic acids is 2. The summed E-state index contributed by atoms with van der Waals surface area (Å²) in [6.45, 7) is 2.00. The van der Waals surface area contributed by atoms with E-state index in [-0.39, 0.29) is 5.91 Å². The summed E-state index contributed by atoms with van der Waals surface area (Å²) in [6.07, 6.45) is 1.94. The van der Waals surface area contributed by atoms with Gasteiger partial charge in [-0.15, -0.1) is 0 Å². The van der Waals surface area contributed by atoms with E-state index in [2.05, 4.69) is 0 Å². The molecular formula is C22H25NO5. The van der Waals surface area contributed by atoms with Crippen LogP contribution in [0.1, 0.15) is 18.1 Å². The van der Waals surface area contributed by atoms with Crippen LogP contribution in [-0.4, -0.2) is 44.1 Å². The topological polar surface area (TPSA) is 65.1 Å². The van der Waals surface area contributed by atoms with Crippen molar-refractivity contribution in [3.63, 3.8) is 0 Å². The third kappa shape index (κ3) is 5.61. The van der Waals surface area contributed by atoms with E-state index in [1.807, 2.05) is 30.3 Å². The van der Waals surface area contributed by atoms with Gasteiger partial charge < -0.3 is 19.1 Å². The highest BCUT2D eigenvalue weighted by Crippen LogP contribution is 2.31. The number of methoxy groups -OCH3 is 2. The van der Waals surface area contributed by atoms with Gasteiger partial charge in [-0.3, -0.25) is 4.79 Å². The molecule has 1 amide bonds. The average molecular weight is 383 g/mol. The molecule has 28 heavy (non-hydrogen) atoms. The number of carbonyl (C=O) groups is 2. The highest BCUT2D eigenvalue weighted by Gasteiger charge is 2.20. The first-order valence-corrected chi connectivity index (χ1v) is 8.84. The first-order chi connectivity index (χ1) is 13.5. The van der Waals surface area contributed by atoms with Crippen molar-refractivity contribution in [3.8, 4) is 11.5 Å². The van der Waals surface area contributed by atoms with Gasteiger partial charge in [0.15, 0.2) is 17.6 Å². The number of para-hydroxylation sites is 1. The fourth-order valence-corrected chi connectivity index (χ4v) is 2.71. The zero-order chi connectivity index (χ0) is 20.5. The normalized spacial score (nSPS) is 11.7. The van der Waals surface area contributed by atoms with E-state index in [9.17, 15) is 9.59 Å². The smallest absolute Gasteiger partial charge is 0.331 e. The van der Waals surface area contributed by atoms with Gasteiger partial charge in [-0.2, -0.15) is 0 Å². The molecule has 6 heteroatoms. The Morgan fingerprint density at radius 2 is 1.75 bits per heavy atom. The fourth-order valence-electron chi connectivity index (χ4n) is 2.71. The van der Waals surface area contributed by atoms with E-state index < -0.39 is 12.1 Å². The molecule has 0 aliphatic heterocycles. The van der Waals surface area contributed by atoms with Crippen LogP contribution in [0.2, 0.25) is 0 Å². The van der Waals surface area contributed by atoms with Crippen LogP contribution in [0.4, 0.5) is 0 Å². The standard InChI is InChI=1S/C22H25NO5/c1-16(22(25)23(2)15-17-9-6-5-7-10-17)28-20(24)14-13-18-11-8-12-19(26-3)21(18)27-4/h5-14,16H,15H2,1-4H3/b14-13+/t16-/m0/s1. The maximum Gasteiger partial charge on any atom is 0.331 e. The number of esters is 1. The van der Waals surface area contributed by atoms with Crippen LogP contribution in [0.25, 0.3) is 6.08 Å². The highest BCUT2D eigenvalue weighted by molar-refractivity contribution is 5.90. The van der Waals surface area contributed by atoms with E-state index in [0.29, 0.717) is 23.6 Å². The first kappa shape index (κ1) is 21.0. The van der Waals surface area contributed by atoms with Crippen molar-refractivity contribution in [1.82, 2.24) is 4.90 Å². The summed E-state index contributed by atoms with van der Waals surface area (Å²) in [4.78, 5) is 26.1. The van der Waals surface area contributed by atoms with Crippen molar-refractivity contribution >= 4 is 18.0 Å². The van der Waals surface area contributed by atoms with Crippen molar-refractivity contribution in [2.24, 2.45) is 0 Å². The molecule has 0 fully saturated rings. The van der Waals surface area contributed by atoms with E-state index in [1.54, 1.807) is 45.4 Å². The Hall–Kier alpha value is -3.28. The molecule has 0 heterocycles. The minimum absolute atomic E-state index is 0.274. The Labute approximate surface area is 165 Å². The zero-order valence-electron chi connectivity index (χ0n) is 16.5. The molecule has 1 atom stereocenters. The molecule has 2 aromatic carbocycles. The van der Waals surface area contributed by atoms with E-state index in [0.717, 1.165) is 5.56 Å². The lowest BCUT2D eigenvalue weighted by molar-refractivity contribution is -0.154. The number of benzene rings is 2. The SMILES string of the molecule is COc1cccc(/C=C/C(=O)O[C@@H](C)C(=O)N(C)Cc2ccccc2)c1OC. The molecule has 0 aromatic heterocycles. The lowest BCUT2D eigenvalue weighted by Crippen LogP contribution is -2.36. The Morgan fingerprint density at radius 1 is 1.04 bits per heavy atom. The van der Waals surface area contributed by atoms with Crippen LogP contribution in [0, 0.1) is 0 Å². The number of ether oxygens (including phenoxy) is 3. The largest absolute Gasteiger partial charge is 0.493 e. The van der Waals surface area contributed by atoms with E-state index in [4.69, 9.17) is 14.2 Å². The number of rotatable bonds is 8. The Morgan fingerprint density at radius 3 is 2.39 bits per heavy atom. The summed E-state index contributed by atoms with van der Waals surface area (Å²) in [5.74, 6) is 0.188. The second kappa shape index (κ2) is 10.2. The summed E-state index contributed by atoms with van der Waals surface area (Å²) in [5.41, 5.74) is 1.67. The molecule has 0 aliphatic rings. The number of amides is 1. The summed E-state index contributed by atoms with van der Waals surface area (Å²) in [7, 11) is 4.74. The molecular weight excluding hydrogens is 358 g/mol. The lowest BCUT2D eigenvalue weighted by Gasteiger charge is -2.21. The quantitative estimate of drug-likeness (QED) is 0.517. The molecule has 0 saturated heterocycles. The van der Waals surface area contributed by atoms with Crippen LogP contribution < -0.4 is 9.47 Å². The van der Waals surface area contributed by atoms with Crippen LogP contribution in [0.3, 0.4) is 0 Å². The molecule has 0 N–H and O–H groups in total. The van der Waals surface area contributed by atoms with Crippen molar-refractivity contribution in [2.75, 3.05) is 21.3 Å². The minimum Gasteiger partial charge on any atom is -0.493 e. The lowest BCUT2D eigenvalue weighted by atomic mass is 10.1. The van der Waals surface area contributed by atoms with Crippen LogP contribution in [-0.2, 0) is 20.9 Å². The third-order valence-electron chi connectivity index (χ3n) is 4.11. The van der Waals surface area contributed by atoms with Gasteiger partial charge in [0.25, 0.3) is 5.91 Å². The number of hydrogen-bond donors (Lipinski definition) is 0. The second-order valence-electron chi connectivity index (χ2n) is 6.18. The van der Waals surface area contributed by atoms with Gasteiger partial charge in [-0.05, 0) is 24.6 Å². The van der Waals surface area contributed by atoms with Crippen LogP contribution >= 0.6 is 0 Å². The van der Waals surface area contributed by atoms with Crippen LogP contribution in [0.15, 0.2) is 54.6 Å². The third-order valence-corrected chi connectivity index (χ3v) is 4.11. The van der Waals surface area contributed by atoms with E-state index >= 15 is 0 Å². The molecule has 2 rings (SSSR count). The maximum atomic E-state index is 12.4. The summed E-state index contributed by atoms with van der Waals surface area (Å²) >= 11 is 0. The summed E-state index contributed by atoms with van der Waals surface area (Å²) < 4.78 is 15.8. The van der Waals surface area contributed by atoms with Gasteiger partial charge in [-0.25, -0.2) is 4.79 Å². The number of likely N-dealkylation sites (N-methyl/N-ethyl adjacent to an activating group) is 1. The molecule has 0 saturated carbocycles. The van der Waals surface area contributed by atoms with Crippen molar-refractivity contribution in [1.29, 1.82) is 0 Å².